The highest BCUT2D eigenvalue weighted by atomic mass is 16.2. The lowest BCUT2D eigenvalue weighted by atomic mass is 9.69. The summed E-state index contributed by atoms with van der Waals surface area (Å²) in [6, 6.07) is 0. The molecule has 3 nitrogen and oxygen atoms in total. The number of fused-ring (bicyclic) bond motifs is 5. The first-order valence-electron chi connectivity index (χ1n) is 8.15. The maximum atomic E-state index is 12.2. The molecule has 20 heavy (non-hydrogen) atoms. The predicted molar refractivity (Wildman–Crippen MR) is 77.7 cm³/mol. The van der Waals surface area contributed by atoms with Crippen molar-refractivity contribution < 1.29 is 9.59 Å². The standard InChI is InChI=1S/C17H25NO2/c1-3-5-6-11(4-2)9-17-8-7-12(10-17)13-14(17)16(20)18-15(13)19/h7-8,11-14H,3-6,9-10H2,1-2H3,(H,18,19,20). The molecule has 5 unspecified atom stereocenters. The van der Waals surface area contributed by atoms with E-state index in [0.29, 0.717) is 11.8 Å². The van der Waals surface area contributed by atoms with Crippen LogP contribution < -0.4 is 5.32 Å². The monoisotopic (exact) mass is 275 g/mol. The van der Waals surface area contributed by atoms with Crippen molar-refractivity contribution in [1.29, 1.82) is 0 Å². The van der Waals surface area contributed by atoms with Gasteiger partial charge in [-0.05, 0) is 24.7 Å². The summed E-state index contributed by atoms with van der Waals surface area (Å²) in [5.41, 5.74) is -0.0278. The summed E-state index contributed by atoms with van der Waals surface area (Å²) in [6.07, 6.45) is 11.5. The molecule has 0 radical (unpaired) electrons. The fraction of sp³-hybridized carbons (Fsp3) is 0.765. The third-order valence-corrected chi connectivity index (χ3v) is 5.77. The number of hydrogen-bond donors (Lipinski definition) is 1. The number of hydrogen-bond acceptors (Lipinski definition) is 2. The van der Waals surface area contributed by atoms with Gasteiger partial charge in [-0.3, -0.25) is 14.9 Å². The highest BCUT2D eigenvalue weighted by molar-refractivity contribution is 6.06. The Bertz CT molecular complexity index is 456. The Labute approximate surface area is 121 Å². The topological polar surface area (TPSA) is 46.2 Å². The molecule has 5 atom stereocenters. The number of rotatable bonds is 6. The molecule has 1 aliphatic heterocycles. The van der Waals surface area contributed by atoms with Crippen LogP contribution in [-0.2, 0) is 9.59 Å². The molecule has 3 aliphatic rings. The largest absolute Gasteiger partial charge is 0.296 e. The maximum absolute atomic E-state index is 12.2. The number of nitrogens with one attached hydrogen (secondary N) is 1. The van der Waals surface area contributed by atoms with Crippen molar-refractivity contribution in [2.75, 3.05) is 0 Å². The predicted octanol–water partition coefficient (Wildman–Crippen LogP) is 3.06. The van der Waals surface area contributed by atoms with Crippen LogP contribution in [0, 0.1) is 29.1 Å². The van der Waals surface area contributed by atoms with E-state index in [9.17, 15) is 9.59 Å². The molecule has 3 rings (SSSR count). The van der Waals surface area contributed by atoms with Gasteiger partial charge < -0.3 is 0 Å². The molecule has 2 bridgehead atoms. The Morgan fingerprint density at radius 1 is 1.35 bits per heavy atom. The Morgan fingerprint density at radius 3 is 2.85 bits per heavy atom. The highest BCUT2D eigenvalue weighted by Crippen LogP contribution is 2.61. The van der Waals surface area contributed by atoms with E-state index < -0.39 is 0 Å². The minimum absolute atomic E-state index is 0.0165. The molecule has 110 valence electrons. The Morgan fingerprint density at radius 2 is 2.15 bits per heavy atom. The molecular weight excluding hydrogens is 250 g/mol. The van der Waals surface area contributed by atoms with E-state index in [2.05, 4.69) is 31.3 Å². The molecule has 2 aliphatic carbocycles. The van der Waals surface area contributed by atoms with Gasteiger partial charge in [-0.1, -0.05) is 51.7 Å². The first-order chi connectivity index (χ1) is 9.61. The van der Waals surface area contributed by atoms with E-state index in [1.54, 1.807) is 0 Å². The lowest BCUT2D eigenvalue weighted by Crippen LogP contribution is -2.34. The summed E-state index contributed by atoms with van der Waals surface area (Å²) in [6.45, 7) is 4.48. The Hall–Kier alpha value is -1.12. The number of imide groups is 1. The van der Waals surface area contributed by atoms with Crippen LogP contribution in [0.1, 0.15) is 52.4 Å². The van der Waals surface area contributed by atoms with Crippen molar-refractivity contribution in [1.82, 2.24) is 5.32 Å². The van der Waals surface area contributed by atoms with Gasteiger partial charge in [0.25, 0.3) is 0 Å². The molecule has 0 aromatic carbocycles. The van der Waals surface area contributed by atoms with Crippen molar-refractivity contribution in [2.24, 2.45) is 29.1 Å². The molecule has 1 heterocycles. The van der Waals surface area contributed by atoms with Gasteiger partial charge in [0.05, 0.1) is 11.8 Å². The van der Waals surface area contributed by atoms with Crippen molar-refractivity contribution in [3.05, 3.63) is 12.2 Å². The quantitative estimate of drug-likeness (QED) is 0.598. The van der Waals surface area contributed by atoms with Crippen LogP contribution in [0.15, 0.2) is 12.2 Å². The van der Waals surface area contributed by atoms with Crippen LogP contribution in [0.4, 0.5) is 0 Å². The molecular formula is C17H25NO2. The van der Waals surface area contributed by atoms with E-state index in [4.69, 9.17) is 0 Å². The zero-order valence-electron chi connectivity index (χ0n) is 12.5. The molecule has 0 spiro atoms. The number of unbranched alkanes of at least 4 members (excludes halogenated alkanes) is 1. The van der Waals surface area contributed by atoms with Crippen molar-refractivity contribution >= 4 is 11.8 Å². The SMILES string of the molecule is CCCCC(CC)CC12C=CC(C1)C1C(=O)NC(=O)C12. The molecule has 2 fully saturated rings. The van der Waals surface area contributed by atoms with Crippen molar-refractivity contribution in [3.63, 3.8) is 0 Å². The number of allylic oxidation sites excluding steroid dienone is 2. The Balaban J connectivity index is 1.79. The van der Waals surface area contributed by atoms with Gasteiger partial charge in [0.15, 0.2) is 0 Å². The molecule has 0 aromatic rings. The van der Waals surface area contributed by atoms with E-state index in [-0.39, 0.29) is 29.1 Å². The summed E-state index contributed by atoms with van der Waals surface area (Å²) >= 11 is 0. The summed E-state index contributed by atoms with van der Waals surface area (Å²) in [5.74, 6) is 0.780. The van der Waals surface area contributed by atoms with E-state index in [0.717, 1.165) is 12.8 Å². The highest BCUT2D eigenvalue weighted by Gasteiger charge is 2.63. The second-order valence-electron chi connectivity index (χ2n) is 6.94. The maximum Gasteiger partial charge on any atom is 0.231 e. The molecule has 2 amide bonds. The van der Waals surface area contributed by atoms with Crippen LogP contribution in [0.2, 0.25) is 0 Å². The van der Waals surface area contributed by atoms with Crippen LogP contribution in [0.5, 0.6) is 0 Å². The molecule has 3 heteroatoms. The Kier molecular flexibility index (Phi) is 3.47. The molecule has 1 N–H and O–H groups in total. The van der Waals surface area contributed by atoms with Gasteiger partial charge in [-0.2, -0.15) is 0 Å². The van der Waals surface area contributed by atoms with E-state index in [1.165, 1.54) is 25.7 Å². The average molecular weight is 275 g/mol. The third kappa shape index (κ3) is 1.94. The fourth-order valence-electron chi connectivity index (χ4n) is 4.78. The lowest BCUT2D eigenvalue weighted by molar-refractivity contribution is -0.127. The van der Waals surface area contributed by atoms with Crippen molar-refractivity contribution in [2.45, 2.75) is 52.4 Å². The minimum atomic E-state index is -0.0827. The van der Waals surface area contributed by atoms with Gasteiger partial charge in [-0.25, -0.2) is 0 Å². The minimum Gasteiger partial charge on any atom is -0.296 e. The fourth-order valence-corrected chi connectivity index (χ4v) is 4.78. The summed E-state index contributed by atoms with van der Waals surface area (Å²) in [7, 11) is 0. The summed E-state index contributed by atoms with van der Waals surface area (Å²) in [4.78, 5) is 24.1. The van der Waals surface area contributed by atoms with E-state index in [1.807, 2.05) is 0 Å². The van der Waals surface area contributed by atoms with Gasteiger partial charge in [-0.15, -0.1) is 0 Å². The van der Waals surface area contributed by atoms with Gasteiger partial charge in [0.1, 0.15) is 0 Å². The lowest BCUT2D eigenvalue weighted by Gasteiger charge is -2.33. The van der Waals surface area contributed by atoms with Gasteiger partial charge in [0, 0.05) is 5.41 Å². The number of carbonyl (C=O) groups excluding carboxylic acids is 2. The van der Waals surface area contributed by atoms with Crippen LogP contribution in [0.25, 0.3) is 0 Å². The zero-order chi connectivity index (χ0) is 14.3. The smallest absolute Gasteiger partial charge is 0.231 e. The molecule has 0 aromatic heterocycles. The number of carbonyl (C=O) groups is 2. The summed E-state index contributed by atoms with van der Waals surface area (Å²) in [5, 5.41) is 2.56. The summed E-state index contributed by atoms with van der Waals surface area (Å²) < 4.78 is 0. The second kappa shape index (κ2) is 5.01. The van der Waals surface area contributed by atoms with E-state index >= 15 is 0 Å². The van der Waals surface area contributed by atoms with Gasteiger partial charge in [0.2, 0.25) is 11.8 Å². The van der Waals surface area contributed by atoms with Crippen molar-refractivity contribution in [3.8, 4) is 0 Å². The first-order valence-corrected chi connectivity index (χ1v) is 8.15. The zero-order valence-corrected chi connectivity index (χ0v) is 12.5. The van der Waals surface area contributed by atoms with Crippen LogP contribution in [-0.4, -0.2) is 11.8 Å². The second-order valence-corrected chi connectivity index (χ2v) is 6.94. The van der Waals surface area contributed by atoms with Gasteiger partial charge >= 0.3 is 0 Å². The number of amides is 2. The third-order valence-electron chi connectivity index (χ3n) is 5.77. The van der Waals surface area contributed by atoms with Crippen LogP contribution in [0.3, 0.4) is 0 Å². The first kappa shape index (κ1) is 13.8. The molecule has 1 saturated carbocycles. The average Bonchev–Trinajstić information content (AvgIpc) is 3.06. The molecule has 1 saturated heterocycles. The van der Waals surface area contributed by atoms with Crippen LogP contribution >= 0.6 is 0 Å². The normalized spacial score (nSPS) is 39.2.